The summed E-state index contributed by atoms with van der Waals surface area (Å²) in [5.74, 6) is -4.94. The highest BCUT2D eigenvalue weighted by Crippen LogP contribution is 2.16. The third-order valence-corrected chi connectivity index (χ3v) is 4.20. The normalized spacial score (nSPS) is 10.8. The van der Waals surface area contributed by atoms with Crippen molar-refractivity contribution in [3.05, 3.63) is 94.8 Å². The highest BCUT2D eigenvalue weighted by molar-refractivity contribution is 5.97. The van der Waals surface area contributed by atoms with Crippen molar-refractivity contribution >= 4 is 11.8 Å². The van der Waals surface area contributed by atoms with Gasteiger partial charge in [-0.25, -0.2) is 14.4 Å². The number of nitrogens with one attached hydrogen (secondary N) is 2. The summed E-state index contributed by atoms with van der Waals surface area (Å²) in [5, 5.41) is 33.5. The van der Waals surface area contributed by atoms with E-state index in [1.54, 1.807) is 24.3 Å². The summed E-state index contributed by atoms with van der Waals surface area (Å²) in [6.45, 7) is 0.164. The Balaban J connectivity index is 1.66. The first-order chi connectivity index (χ1) is 14.8. The van der Waals surface area contributed by atoms with Gasteiger partial charge in [0.1, 0.15) is 23.5 Å². The summed E-state index contributed by atoms with van der Waals surface area (Å²) in [5.41, 5.74) is 0.678. The first-order valence-electron chi connectivity index (χ1n) is 8.91. The molecule has 9 nitrogen and oxygen atoms in total. The first-order valence-corrected chi connectivity index (χ1v) is 8.91. The van der Waals surface area contributed by atoms with Crippen LogP contribution in [0, 0.1) is 17.1 Å². The van der Waals surface area contributed by atoms with E-state index >= 15 is 0 Å². The van der Waals surface area contributed by atoms with Crippen LogP contribution in [-0.4, -0.2) is 32.0 Å². The molecule has 0 unspecified atom stereocenters. The molecule has 3 aromatic rings. The highest BCUT2D eigenvalue weighted by atomic mass is 19.1. The number of halogens is 1. The molecule has 0 radical (unpaired) electrons. The van der Waals surface area contributed by atoms with Crippen LogP contribution in [-0.2, 0) is 12.5 Å². The number of hydrogen-bond donors (Lipinski definition) is 4. The number of benzene rings is 2. The fourth-order valence-electron chi connectivity index (χ4n) is 2.55. The Bertz CT molecular complexity index is 1140. The lowest BCUT2D eigenvalue weighted by Gasteiger charge is -2.23. The Kier molecular flexibility index (Phi) is 6.30. The number of hydrogen-bond acceptors (Lipinski definition) is 7. The van der Waals surface area contributed by atoms with E-state index in [4.69, 9.17) is 5.26 Å². The van der Waals surface area contributed by atoms with Crippen LogP contribution >= 0.6 is 0 Å². The number of aromatic nitrogens is 2. The zero-order valence-electron chi connectivity index (χ0n) is 15.9. The predicted octanol–water partition coefficient (Wildman–Crippen LogP) is 0.942. The van der Waals surface area contributed by atoms with Gasteiger partial charge < -0.3 is 15.5 Å². The molecule has 2 aromatic carbocycles. The minimum absolute atomic E-state index is 0.114. The Morgan fingerprint density at radius 1 is 1.00 bits per heavy atom. The molecule has 2 amide bonds. The van der Waals surface area contributed by atoms with Crippen molar-refractivity contribution in [2.45, 2.75) is 12.5 Å². The summed E-state index contributed by atoms with van der Waals surface area (Å²) in [7, 11) is 0. The fourth-order valence-corrected chi connectivity index (χ4v) is 2.55. The van der Waals surface area contributed by atoms with Gasteiger partial charge in [0, 0.05) is 18.2 Å². The van der Waals surface area contributed by atoms with Crippen molar-refractivity contribution in [1.29, 1.82) is 5.26 Å². The van der Waals surface area contributed by atoms with Gasteiger partial charge in [0.15, 0.2) is 0 Å². The summed E-state index contributed by atoms with van der Waals surface area (Å²) < 4.78 is 13.0. The molecule has 0 aliphatic heterocycles. The molecule has 0 atom stereocenters. The van der Waals surface area contributed by atoms with Gasteiger partial charge in [0.05, 0.1) is 11.6 Å². The average molecular weight is 421 g/mol. The Morgan fingerprint density at radius 3 is 2.23 bits per heavy atom. The summed E-state index contributed by atoms with van der Waals surface area (Å²) in [4.78, 5) is 32.2. The van der Waals surface area contributed by atoms with E-state index in [0.717, 1.165) is 42.2 Å². The number of nitrogens with zero attached hydrogens (tertiary/aromatic N) is 3. The molecule has 1 heterocycles. The van der Waals surface area contributed by atoms with Crippen LogP contribution in [0.15, 0.2) is 60.9 Å². The van der Waals surface area contributed by atoms with Gasteiger partial charge in [-0.2, -0.15) is 5.26 Å². The largest absolute Gasteiger partial charge is 0.347 e. The highest BCUT2D eigenvalue weighted by Gasteiger charge is 2.29. The van der Waals surface area contributed by atoms with Gasteiger partial charge in [-0.05, 0) is 42.0 Å². The molecule has 0 bridgehead atoms. The summed E-state index contributed by atoms with van der Waals surface area (Å²) in [6, 6.07) is 13.9. The lowest BCUT2D eigenvalue weighted by atomic mass is 10.1. The van der Waals surface area contributed by atoms with Crippen LogP contribution in [0.4, 0.5) is 4.39 Å². The second kappa shape index (κ2) is 9.08. The molecule has 0 fully saturated rings. The molecule has 156 valence electrons. The quantitative estimate of drug-likeness (QED) is 0.433. The molecule has 3 rings (SSSR count). The van der Waals surface area contributed by atoms with Gasteiger partial charge in [-0.1, -0.05) is 12.1 Å². The van der Waals surface area contributed by atoms with Gasteiger partial charge in [-0.15, -0.1) is 0 Å². The maximum absolute atomic E-state index is 13.0. The predicted molar refractivity (Wildman–Crippen MR) is 104 cm³/mol. The molecule has 0 saturated carbocycles. The van der Waals surface area contributed by atoms with E-state index in [0.29, 0.717) is 5.56 Å². The van der Waals surface area contributed by atoms with Gasteiger partial charge in [0.25, 0.3) is 17.7 Å². The van der Waals surface area contributed by atoms with Crippen molar-refractivity contribution in [1.82, 2.24) is 20.6 Å². The van der Waals surface area contributed by atoms with Crippen molar-refractivity contribution in [3.8, 4) is 6.07 Å². The van der Waals surface area contributed by atoms with Gasteiger partial charge >= 0.3 is 0 Å². The van der Waals surface area contributed by atoms with Crippen molar-refractivity contribution in [3.63, 3.8) is 0 Å². The van der Waals surface area contributed by atoms with E-state index < -0.39 is 23.5 Å². The zero-order chi connectivity index (χ0) is 22.4. The Hall–Kier alpha value is -4.20. The Labute approximate surface area is 175 Å². The van der Waals surface area contributed by atoms with Crippen LogP contribution in [0.5, 0.6) is 0 Å². The second-order valence-corrected chi connectivity index (χ2v) is 6.41. The van der Waals surface area contributed by atoms with E-state index in [9.17, 15) is 24.2 Å². The lowest BCUT2D eigenvalue weighted by molar-refractivity contribution is -0.185. The SMILES string of the molecule is N#Cc1ccc(CNC(=O)c2cc(C(=O)NC(O)(O)c3ccc(F)cc3)ncn2)cc1. The third kappa shape index (κ3) is 5.45. The van der Waals surface area contributed by atoms with E-state index in [2.05, 4.69) is 15.3 Å². The molecule has 31 heavy (non-hydrogen) atoms. The van der Waals surface area contributed by atoms with E-state index in [1.807, 2.05) is 11.4 Å². The number of carbonyl (C=O) groups excluding carboxylic acids is 2. The molecule has 4 N–H and O–H groups in total. The van der Waals surface area contributed by atoms with Crippen molar-refractivity contribution in [2.24, 2.45) is 0 Å². The van der Waals surface area contributed by atoms with E-state index in [1.165, 1.54) is 0 Å². The minimum Gasteiger partial charge on any atom is -0.347 e. The number of amides is 2. The average Bonchev–Trinajstić information content (AvgIpc) is 2.78. The van der Waals surface area contributed by atoms with Gasteiger partial charge in [-0.3, -0.25) is 14.9 Å². The third-order valence-electron chi connectivity index (χ3n) is 4.20. The molecular formula is C21H16FN5O4. The molecule has 10 heteroatoms. The van der Waals surface area contributed by atoms with Crippen LogP contribution in [0.1, 0.15) is 37.7 Å². The van der Waals surface area contributed by atoms with Crippen LogP contribution in [0.3, 0.4) is 0 Å². The maximum Gasteiger partial charge on any atom is 0.275 e. The van der Waals surface area contributed by atoms with Gasteiger partial charge in [0.2, 0.25) is 0 Å². The van der Waals surface area contributed by atoms with Crippen molar-refractivity contribution < 1.29 is 24.2 Å². The molecule has 0 spiro atoms. The minimum atomic E-state index is -2.78. The molecular weight excluding hydrogens is 405 g/mol. The second-order valence-electron chi connectivity index (χ2n) is 6.41. The molecule has 0 saturated heterocycles. The molecule has 0 aliphatic carbocycles. The summed E-state index contributed by atoms with van der Waals surface area (Å²) >= 11 is 0. The summed E-state index contributed by atoms with van der Waals surface area (Å²) in [6.07, 6.45) is 0.986. The molecule has 0 aliphatic rings. The standard InChI is InChI=1S/C21H16FN5O4/c22-16-7-5-15(6-8-16)21(30,31)27-20(29)18-9-17(25-12-26-18)19(28)24-11-14-3-1-13(10-23)2-4-14/h1-9,12,30-31H,11H2,(H,24,28)(H,27,29). The zero-order valence-corrected chi connectivity index (χ0v) is 15.9. The van der Waals surface area contributed by atoms with E-state index in [-0.39, 0.29) is 23.5 Å². The molecule has 1 aromatic heterocycles. The van der Waals surface area contributed by atoms with Crippen molar-refractivity contribution in [2.75, 3.05) is 0 Å². The maximum atomic E-state index is 13.0. The van der Waals surface area contributed by atoms with Crippen LogP contribution in [0.25, 0.3) is 0 Å². The van der Waals surface area contributed by atoms with Crippen LogP contribution in [0.2, 0.25) is 0 Å². The number of aliphatic hydroxyl groups is 2. The first kappa shape index (κ1) is 21.5. The Morgan fingerprint density at radius 2 is 1.61 bits per heavy atom. The monoisotopic (exact) mass is 421 g/mol. The number of nitriles is 1. The smallest absolute Gasteiger partial charge is 0.275 e. The fraction of sp³-hybridized carbons (Fsp3) is 0.0952. The number of rotatable bonds is 6. The number of carbonyl (C=O) groups is 2. The lowest BCUT2D eigenvalue weighted by Crippen LogP contribution is -2.46. The van der Waals surface area contributed by atoms with Crippen LogP contribution < -0.4 is 10.6 Å². The topological polar surface area (TPSA) is 148 Å².